The van der Waals surface area contributed by atoms with Crippen LogP contribution >= 0.6 is 0 Å². The number of pyridine rings is 1. The van der Waals surface area contributed by atoms with E-state index in [0.29, 0.717) is 11.6 Å². The second-order valence-corrected chi connectivity index (χ2v) is 6.61. The van der Waals surface area contributed by atoms with Gasteiger partial charge in [-0.3, -0.25) is 9.88 Å². The topological polar surface area (TPSA) is 28.2 Å². The molecule has 0 aromatic carbocycles. The molecule has 1 spiro atoms. The molecule has 1 unspecified atom stereocenters. The first-order valence-corrected chi connectivity index (χ1v) is 8.16. The Morgan fingerprint density at radius 2 is 2.15 bits per heavy atom. The lowest BCUT2D eigenvalue weighted by Crippen LogP contribution is -2.64. The lowest BCUT2D eigenvalue weighted by molar-refractivity contribution is 0.0636. The van der Waals surface area contributed by atoms with Crippen molar-refractivity contribution in [2.75, 3.05) is 19.6 Å². The first kappa shape index (κ1) is 14.0. The van der Waals surface area contributed by atoms with Crippen molar-refractivity contribution in [1.29, 1.82) is 0 Å². The third-order valence-electron chi connectivity index (χ3n) is 5.09. The molecule has 0 radical (unpaired) electrons. The van der Waals surface area contributed by atoms with Crippen molar-refractivity contribution in [3.05, 3.63) is 30.1 Å². The fourth-order valence-electron chi connectivity index (χ4n) is 3.76. The van der Waals surface area contributed by atoms with Gasteiger partial charge in [-0.15, -0.1) is 0 Å². The van der Waals surface area contributed by atoms with Crippen LogP contribution in [0.2, 0.25) is 0 Å². The molecule has 1 aromatic heterocycles. The Bertz CT molecular complexity index is 412. The van der Waals surface area contributed by atoms with E-state index in [1.165, 1.54) is 44.3 Å². The van der Waals surface area contributed by atoms with Gasteiger partial charge in [-0.05, 0) is 31.9 Å². The minimum Gasteiger partial charge on any atom is -0.308 e. The quantitative estimate of drug-likeness (QED) is 0.917. The summed E-state index contributed by atoms with van der Waals surface area (Å²) in [6.45, 7) is 5.85. The summed E-state index contributed by atoms with van der Waals surface area (Å²) >= 11 is 0. The molecule has 1 saturated carbocycles. The number of hydrogen-bond donors (Lipinski definition) is 1. The van der Waals surface area contributed by atoms with Gasteiger partial charge >= 0.3 is 0 Å². The van der Waals surface area contributed by atoms with Crippen LogP contribution in [0.1, 0.15) is 44.7 Å². The Hall–Kier alpha value is -0.930. The van der Waals surface area contributed by atoms with E-state index in [1.807, 2.05) is 12.3 Å². The lowest BCUT2D eigenvalue weighted by atomic mass is 9.79. The summed E-state index contributed by atoms with van der Waals surface area (Å²) in [5.74, 6) is 0. The molecule has 2 fully saturated rings. The monoisotopic (exact) mass is 273 g/mol. The smallest absolute Gasteiger partial charge is 0.0416 e. The van der Waals surface area contributed by atoms with Crippen LogP contribution in [0.5, 0.6) is 0 Å². The fraction of sp³-hybridized carbons (Fsp3) is 0.706. The minimum absolute atomic E-state index is 0.412. The minimum atomic E-state index is 0.412. The predicted octanol–water partition coefficient (Wildman–Crippen LogP) is 2.62. The van der Waals surface area contributed by atoms with Crippen molar-refractivity contribution in [2.45, 2.75) is 57.0 Å². The molecule has 20 heavy (non-hydrogen) atoms. The molecule has 110 valence electrons. The number of nitrogens with zero attached hydrogens (tertiary/aromatic N) is 2. The normalized spacial score (nSPS) is 26.8. The van der Waals surface area contributed by atoms with Crippen LogP contribution in [0.4, 0.5) is 0 Å². The number of aromatic nitrogens is 1. The molecular formula is C17H27N3. The highest BCUT2D eigenvalue weighted by molar-refractivity contribution is 5.05. The molecular weight excluding hydrogens is 246 g/mol. The third-order valence-corrected chi connectivity index (χ3v) is 5.09. The van der Waals surface area contributed by atoms with Gasteiger partial charge in [0.2, 0.25) is 0 Å². The Balaban J connectivity index is 1.59. The molecule has 1 N–H and O–H groups in total. The average Bonchev–Trinajstić information content (AvgIpc) is 2.50. The summed E-state index contributed by atoms with van der Waals surface area (Å²) in [4.78, 5) is 7.13. The van der Waals surface area contributed by atoms with E-state index in [2.05, 4.69) is 34.3 Å². The highest BCUT2D eigenvalue weighted by Gasteiger charge is 2.38. The van der Waals surface area contributed by atoms with Crippen molar-refractivity contribution in [2.24, 2.45) is 0 Å². The van der Waals surface area contributed by atoms with Crippen molar-refractivity contribution < 1.29 is 0 Å². The SMILES string of the molecule is CC1CNC2(CCCCC2)CN1CCc1ccccn1. The first-order chi connectivity index (χ1) is 9.77. The van der Waals surface area contributed by atoms with Crippen LogP contribution < -0.4 is 5.32 Å². The van der Waals surface area contributed by atoms with Gasteiger partial charge in [-0.1, -0.05) is 25.3 Å². The molecule has 1 aliphatic heterocycles. The van der Waals surface area contributed by atoms with E-state index in [9.17, 15) is 0 Å². The molecule has 1 aromatic rings. The Morgan fingerprint density at radius 3 is 2.90 bits per heavy atom. The van der Waals surface area contributed by atoms with Gasteiger partial charge in [0.05, 0.1) is 0 Å². The molecule has 3 nitrogen and oxygen atoms in total. The number of hydrogen-bond acceptors (Lipinski definition) is 3. The summed E-state index contributed by atoms with van der Waals surface area (Å²) in [7, 11) is 0. The maximum Gasteiger partial charge on any atom is 0.0416 e. The fourth-order valence-corrected chi connectivity index (χ4v) is 3.76. The van der Waals surface area contributed by atoms with Crippen LogP contribution in [-0.4, -0.2) is 41.1 Å². The van der Waals surface area contributed by atoms with Gasteiger partial charge in [0.1, 0.15) is 0 Å². The highest BCUT2D eigenvalue weighted by atomic mass is 15.2. The highest BCUT2D eigenvalue weighted by Crippen LogP contribution is 2.31. The number of nitrogens with one attached hydrogen (secondary N) is 1. The molecule has 1 aliphatic carbocycles. The molecule has 2 heterocycles. The molecule has 1 saturated heterocycles. The number of rotatable bonds is 3. The molecule has 0 amide bonds. The van der Waals surface area contributed by atoms with E-state index in [1.54, 1.807) is 0 Å². The van der Waals surface area contributed by atoms with E-state index in [4.69, 9.17) is 0 Å². The summed E-state index contributed by atoms with van der Waals surface area (Å²) in [6.07, 6.45) is 9.91. The zero-order chi connectivity index (χ0) is 13.8. The van der Waals surface area contributed by atoms with Gasteiger partial charge in [0.15, 0.2) is 0 Å². The second-order valence-electron chi connectivity index (χ2n) is 6.61. The van der Waals surface area contributed by atoms with Crippen molar-refractivity contribution in [1.82, 2.24) is 15.2 Å². The van der Waals surface area contributed by atoms with Crippen molar-refractivity contribution >= 4 is 0 Å². The lowest BCUT2D eigenvalue weighted by Gasteiger charge is -2.49. The summed E-state index contributed by atoms with van der Waals surface area (Å²) < 4.78 is 0. The zero-order valence-corrected chi connectivity index (χ0v) is 12.6. The summed E-state index contributed by atoms with van der Waals surface area (Å²) in [5.41, 5.74) is 1.63. The van der Waals surface area contributed by atoms with E-state index in [0.717, 1.165) is 19.5 Å². The Labute approximate surface area is 122 Å². The van der Waals surface area contributed by atoms with Crippen LogP contribution in [-0.2, 0) is 6.42 Å². The third kappa shape index (κ3) is 3.21. The summed E-state index contributed by atoms with van der Waals surface area (Å²) in [5, 5.41) is 3.86. The van der Waals surface area contributed by atoms with E-state index >= 15 is 0 Å². The Kier molecular flexibility index (Phi) is 4.37. The summed E-state index contributed by atoms with van der Waals surface area (Å²) in [6, 6.07) is 6.87. The zero-order valence-electron chi connectivity index (χ0n) is 12.6. The number of piperazine rings is 1. The average molecular weight is 273 g/mol. The second kappa shape index (κ2) is 6.23. The molecule has 3 rings (SSSR count). The maximum absolute atomic E-state index is 4.45. The van der Waals surface area contributed by atoms with Crippen LogP contribution in [0.25, 0.3) is 0 Å². The van der Waals surface area contributed by atoms with Gasteiger partial charge in [0, 0.05) is 49.5 Å². The van der Waals surface area contributed by atoms with Gasteiger partial charge in [-0.2, -0.15) is 0 Å². The largest absolute Gasteiger partial charge is 0.308 e. The first-order valence-electron chi connectivity index (χ1n) is 8.16. The van der Waals surface area contributed by atoms with Crippen molar-refractivity contribution in [3.63, 3.8) is 0 Å². The van der Waals surface area contributed by atoms with E-state index in [-0.39, 0.29) is 0 Å². The molecule has 1 atom stereocenters. The van der Waals surface area contributed by atoms with Crippen molar-refractivity contribution in [3.8, 4) is 0 Å². The van der Waals surface area contributed by atoms with Gasteiger partial charge in [0.25, 0.3) is 0 Å². The maximum atomic E-state index is 4.45. The predicted molar refractivity (Wildman–Crippen MR) is 82.8 cm³/mol. The van der Waals surface area contributed by atoms with Crippen LogP contribution in [0.15, 0.2) is 24.4 Å². The standard InChI is InChI=1S/C17H27N3/c1-15-13-19-17(9-4-2-5-10-17)14-20(15)12-8-16-7-3-6-11-18-16/h3,6-7,11,15,19H,2,4-5,8-10,12-14H2,1H3. The van der Waals surface area contributed by atoms with Crippen LogP contribution in [0.3, 0.4) is 0 Å². The molecule has 3 heteroatoms. The van der Waals surface area contributed by atoms with E-state index < -0.39 is 0 Å². The molecule has 2 aliphatic rings. The Morgan fingerprint density at radius 1 is 1.30 bits per heavy atom. The van der Waals surface area contributed by atoms with Gasteiger partial charge < -0.3 is 5.32 Å². The van der Waals surface area contributed by atoms with Gasteiger partial charge in [-0.25, -0.2) is 0 Å². The van der Waals surface area contributed by atoms with Crippen LogP contribution in [0, 0.1) is 0 Å². The molecule has 0 bridgehead atoms.